The predicted molar refractivity (Wildman–Crippen MR) is 127 cm³/mol. The third-order valence-electron chi connectivity index (χ3n) is 4.33. The molecule has 1 atom stereocenters. The van der Waals surface area contributed by atoms with Crippen LogP contribution in [0.5, 0.6) is 11.5 Å². The number of carbonyl (C=O) groups excluding carboxylic acids is 2. The third-order valence-corrected chi connectivity index (χ3v) is 5.25. The number of benzene rings is 2. The van der Waals surface area contributed by atoms with Crippen molar-refractivity contribution in [1.82, 2.24) is 10.7 Å². The molecule has 0 radical (unpaired) electrons. The number of carboxylic acids is 1. The molecule has 0 aromatic heterocycles. The summed E-state index contributed by atoms with van der Waals surface area (Å²) in [6.45, 7) is 3.05. The Morgan fingerprint density at radius 3 is 2.55 bits per heavy atom. The van der Waals surface area contributed by atoms with Crippen molar-refractivity contribution in [2.45, 2.75) is 19.9 Å². The molecule has 3 N–H and O–H groups in total. The average Bonchev–Trinajstić information content (AvgIpc) is 2.76. The molecule has 2 aromatic carbocycles. The number of nitrogens with zero attached hydrogens (tertiary/aromatic N) is 1. The van der Waals surface area contributed by atoms with Gasteiger partial charge in [-0.25, -0.2) is 10.2 Å². The van der Waals surface area contributed by atoms with Crippen molar-refractivity contribution in [3.63, 3.8) is 0 Å². The molecule has 0 saturated heterocycles. The summed E-state index contributed by atoms with van der Waals surface area (Å²) >= 11 is 9.36. The molecular weight excluding hydrogens is 518 g/mol. The van der Waals surface area contributed by atoms with Crippen molar-refractivity contribution >= 4 is 51.5 Å². The van der Waals surface area contributed by atoms with Gasteiger partial charge in [0.05, 0.1) is 28.4 Å². The van der Waals surface area contributed by atoms with Gasteiger partial charge in [-0.3, -0.25) is 9.59 Å². The van der Waals surface area contributed by atoms with E-state index in [4.69, 9.17) is 26.2 Å². The topological polar surface area (TPSA) is 126 Å². The number of nitrogens with one attached hydrogen (secondary N) is 2. The van der Waals surface area contributed by atoms with Crippen molar-refractivity contribution in [2.24, 2.45) is 11.0 Å². The van der Waals surface area contributed by atoms with Gasteiger partial charge in [0, 0.05) is 0 Å². The van der Waals surface area contributed by atoms with Crippen LogP contribution in [0.3, 0.4) is 0 Å². The summed E-state index contributed by atoms with van der Waals surface area (Å²) in [6, 6.07) is 8.89. The number of carbonyl (C=O) groups is 3. The van der Waals surface area contributed by atoms with E-state index in [1.54, 1.807) is 50.2 Å². The minimum absolute atomic E-state index is 0.216. The Morgan fingerprint density at radius 1 is 1.24 bits per heavy atom. The smallest absolute Gasteiger partial charge is 0.341 e. The Hall–Kier alpha value is -3.11. The Bertz CT molecular complexity index is 1060. The van der Waals surface area contributed by atoms with Crippen LogP contribution >= 0.6 is 27.5 Å². The van der Waals surface area contributed by atoms with Crippen LogP contribution in [0.2, 0.25) is 5.02 Å². The van der Waals surface area contributed by atoms with E-state index in [0.29, 0.717) is 10.0 Å². The van der Waals surface area contributed by atoms with Crippen molar-refractivity contribution in [2.75, 3.05) is 13.7 Å². The second kappa shape index (κ2) is 12.2. The van der Waals surface area contributed by atoms with E-state index < -0.39 is 30.4 Å². The van der Waals surface area contributed by atoms with E-state index in [1.807, 2.05) is 0 Å². The highest BCUT2D eigenvalue weighted by Gasteiger charge is 2.25. The number of rotatable bonds is 10. The first kappa shape index (κ1) is 26.1. The second-order valence-corrected chi connectivity index (χ2v) is 8.39. The Morgan fingerprint density at radius 2 is 1.94 bits per heavy atom. The van der Waals surface area contributed by atoms with E-state index in [2.05, 4.69) is 31.8 Å². The fourth-order valence-electron chi connectivity index (χ4n) is 2.73. The standard InChI is InChI=1S/C22H23BrClN3O6/c1-12(2)19(26-21(30)14-6-4-5-7-16(14)24)22(31)27-25-10-13-8-15(23)20(17(9-13)32-3)33-11-18(28)29/h4-10,12,19H,11H2,1-3H3,(H,26,30)(H,27,31)(H,28,29). The van der Waals surface area contributed by atoms with Gasteiger partial charge in [-0.2, -0.15) is 5.10 Å². The molecule has 9 nitrogen and oxygen atoms in total. The van der Waals surface area contributed by atoms with Crippen LogP contribution in [0.1, 0.15) is 29.8 Å². The largest absolute Gasteiger partial charge is 0.493 e. The zero-order valence-corrected chi connectivity index (χ0v) is 20.4. The average molecular weight is 541 g/mol. The summed E-state index contributed by atoms with van der Waals surface area (Å²) in [5.41, 5.74) is 3.22. The Kier molecular flexibility index (Phi) is 9.68. The van der Waals surface area contributed by atoms with Crippen LogP contribution in [0.15, 0.2) is 46.0 Å². The number of aliphatic carboxylic acids is 1. The third kappa shape index (κ3) is 7.47. The van der Waals surface area contributed by atoms with Gasteiger partial charge in [0.15, 0.2) is 18.1 Å². The maximum Gasteiger partial charge on any atom is 0.341 e. The number of methoxy groups -OCH3 is 1. The molecule has 2 amide bonds. The normalized spacial score (nSPS) is 11.8. The quantitative estimate of drug-likeness (QED) is 0.313. The van der Waals surface area contributed by atoms with E-state index >= 15 is 0 Å². The van der Waals surface area contributed by atoms with Crippen LogP contribution < -0.4 is 20.2 Å². The van der Waals surface area contributed by atoms with Crippen LogP contribution in [0.25, 0.3) is 0 Å². The predicted octanol–water partition coefficient (Wildman–Crippen LogP) is 3.48. The minimum Gasteiger partial charge on any atom is -0.493 e. The van der Waals surface area contributed by atoms with E-state index in [0.717, 1.165) is 0 Å². The Labute approximate surface area is 204 Å². The molecule has 2 aromatic rings. The van der Waals surface area contributed by atoms with Crippen LogP contribution in [-0.4, -0.2) is 48.9 Å². The number of amides is 2. The van der Waals surface area contributed by atoms with Gasteiger partial charge < -0.3 is 19.9 Å². The number of hydrogen-bond acceptors (Lipinski definition) is 6. The van der Waals surface area contributed by atoms with Gasteiger partial charge in [0.1, 0.15) is 6.04 Å². The first-order valence-electron chi connectivity index (χ1n) is 9.74. The zero-order valence-electron chi connectivity index (χ0n) is 18.1. The molecule has 0 aliphatic rings. The van der Waals surface area contributed by atoms with Gasteiger partial charge in [-0.05, 0) is 51.7 Å². The lowest BCUT2D eigenvalue weighted by atomic mass is 10.0. The summed E-state index contributed by atoms with van der Waals surface area (Å²) < 4.78 is 10.9. The van der Waals surface area contributed by atoms with Gasteiger partial charge in [0.2, 0.25) is 0 Å². The molecule has 0 spiro atoms. The monoisotopic (exact) mass is 539 g/mol. The second-order valence-electron chi connectivity index (χ2n) is 7.13. The molecule has 176 valence electrons. The number of ether oxygens (including phenoxy) is 2. The molecule has 33 heavy (non-hydrogen) atoms. The summed E-state index contributed by atoms with van der Waals surface area (Å²) in [5.74, 6) is -1.81. The SMILES string of the molecule is COc1cc(C=NNC(=O)C(NC(=O)c2ccccc2Cl)C(C)C)cc(Br)c1OCC(=O)O. The molecule has 0 saturated carbocycles. The van der Waals surface area contributed by atoms with E-state index in [1.165, 1.54) is 13.3 Å². The maximum absolute atomic E-state index is 12.6. The highest BCUT2D eigenvalue weighted by Crippen LogP contribution is 2.36. The number of carboxylic acid groups (broad SMARTS) is 1. The van der Waals surface area contributed by atoms with Crippen LogP contribution in [-0.2, 0) is 9.59 Å². The molecule has 0 bridgehead atoms. The van der Waals surface area contributed by atoms with Gasteiger partial charge >= 0.3 is 5.97 Å². The number of hydrogen-bond donors (Lipinski definition) is 3. The van der Waals surface area contributed by atoms with Crippen molar-refractivity contribution in [3.05, 3.63) is 57.0 Å². The van der Waals surface area contributed by atoms with Gasteiger partial charge in [-0.1, -0.05) is 37.6 Å². The van der Waals surface area contributed by atoms with E-state index in [9.17, 15) is 14.4 Å². The zero-order chi connectivity index (χ0) is 24.5. The molecule has 0 heterocycles. The first-order valence-corrected chi connectivity index (χ1v) is 10.9. The molecule has 1 unspecified atom stereocenters. The summed E-state index contributed by atoms with van der Waals surface area (Å²) in [7, 11) is 1.41. The van der Waals surface area contributed by atoms with Gasteiger partial charge in [0.25, 0.3) is 11.8 Å². The molecule has 11 heteroatoms. The molecule has 0 aliphatic heterocycles. The molecule has 0 fully saturated rings. The lowest BCUT2D eigenvalue weighted by molar-refractivity contribution is -0.139. The molecule has 0 aliphatic carbocycles. The van der Waals surface area contributed by atoms with Crippen LogP contribution in [0, 0.1) is 5.92 Å². The molecular formula is C22H23BrClN3O6. The van der Waals surface area contributed by atoms with Crippen molar-refractivity contribution < 1.29 is 29.0 Å². The first-order chi connectivity index (χ1) is 15.6. The molecule has 2 rings (SSSR count). The number of halogens is 2. The fourth-order valence-corrected chi connectivity index (χ4v) is 3.52. The maximum atomic E-state index is 12.6. The fraction of sp³-hybridized carbons (Fsp3) is 0.273. The van der Waals surface area contributed by atoms with Gasteiger partial charge in [-0.15, -0.1) is 0 Å². The summed E-state index contributed by atoms with van der Waals surface area (Å²) in [4.78, 5) is 35.9. The number of hydrazone groups is 1. The lowest BCUT2D eigenvalue weighted by Gasteiger charge is -2.20. The van der Waals surface area contributed by atoms with E-state index in [-0.39, 0.29) is 28.0 Å². The lowest BCUT2D eigenvalue weighted by Crippen LogP contribution is -2.48. The van der Waals surface area contributed by atoms with Crippen molar-refractivity contribution in [1.29, 1.82) is 0 Å². The van der Waals surface area contributed by atoms with Crippen molar-refractivity contribution in [3.8, 4) is 11.5 Å². The highest BCUT2D eigenvalue weighted by molar-refractivity contribution is 9.10. The van der Waals surface area contributed by atoms with Crippen LogP contribution in [0.4, 0.5) is 0 Å². The Balaban J connectivity index is 2.10. The highest BCUT2D eigenvalue weighted by atomic mass is 79.9. The summed E-state index contributed by atoms with van der Waals surface area (Å²) in [6.07, 6.45) is 1.37. The minimum atomic E-state index is -1.13. The summed E-state index contributed by atoms with van der Waals surface area (Å²) in [5, 5.41) is 15.7.